The smallest absolute Gasteiger partial charge is 0.226 e. The summed E-state index contributed by atoms with van der Waals surface area (Å²) < 4.78 is 1.14. The Hall–Kier alpha value is -2.11. The molecule has 0 fully saturated rings. The number of thiophene rings is 1. The highest BCUT2D eigenvalue weighted by atomic mass is 32.1. The largest absolute Gasteiger partial charge is 0.386 e. The van der Waals surface area contributed by atoms with Gasteiger partial charge in [-0.3, -0.25) is 4.79 Å². The molecule has 1 aromatic carbocycles. The molecule has 0 spiro atoms. The second kappa shape index (κ2) is 6.11. The van der Waals surface area contributed by atoms with E-state index in [9.17, 15) is 9.90 Å². The molecule has 0 bridgehead atoms. The summed E-state index contributed by atoms with van der Waals surface area (Å²) in [6.07, 6.45) is 1.41. The molecule has 0 saturated carbocycles. The van der Waals surface area contributed by atoms with E-state index in [4.69, 9.17) is 0 Å². The highest BCUT2D eigenvalue weighted by molar-refractivity contribution is 7.19. The summed E-state index contributed by atoms with van der Waals surface area (Å²) in [5, 5.41) is 14.1. The van der Waals surface area contributed by atoms with Crippen molar-refractivity contribution in [1.82, 2.24) is 10.3 Å². The molecular weight excluding hydrogens is 284 g/mol. The van der Waals surface area contributed by atoms with E-state index in [0.717, 1.165) is 20.7 Å². The van der Waals surface area contributed by atoms with Crippen molar-refractivity contribution in [3.05, 3.63) is 59.2 Å². The van der Waals surface area contributed by atoms with Crippen LogP contribution in [0.4, 0.5) is 0 Å². The van der Waals surface area contributed by atoms with Gasteiger partial charge in [0.05, 0.1) is 6.42 Å². The van der Waals surface area contributed by atoms with Crippen molar-refractivity contribution in [3.63, 3.8) is 0 Å². The van der Waals surface area contributed by atoms with E-state index in [2.05, 4.69) is 10.3 Å². The Kier molecular flexibility index (Phi) is 4.03. The standard InChI is InChI=1S/C16H16N2O2S/c19-13(10-18-16(20)9-12-5-3-7-17-12)15-8-11-4-1-2-6-14(11)21-15/h1-8,13,17,19H,9-10H2,(H,18,20). The monoisotopic (exact) mass is 300 g/mol. The summed E-state index contributed by atoms with van der Waals surface area (Å²) in [6, 6.07) is 13.7. The second-order valence-corrected chi connectivity index (χ2v) is 5.99. The van der Waals surface area contributed by atoms with Crippen molar-refractivity contribution in [1.29, 1.82) is 0 Å². The SMILES string of the molecule is O=C(Cc1ccc[nH]1)NCC(O)c1cc2ccccc2s1. The van der Waals surface area contributed by atoms with E-state index < -0.39 is 6.10 Å². The van der Waals surface area contributed by atoms with Crippen LogP contribution in [0.2, 0.25) is 0 Å². The number of rotatable bonds is 5. The number of aromatic amines is 1. The van der Waals surface area contributed by atoms with Crippen LogP contribution in [0.15, 0.2) is 48.7 Å². The molecule has 2 aromatic heterocycles. The summed E-state index contributed by atoms with van der Waals surface area (Å²) >= 11 is 1.55. The summed E-state index contributed by atoms with van der Waals surface area (Å²) in [4.78, 5) is 15.6. The van der Waals surface area contributed by atoms with Crippen LogP contribution in [0, 0.1) is 0 Å². The molecule has 1 unspecified atom stereocenters. The molecule has 1 amide bonds. The van der Waals surface area contributed by atoms with Gasteiger partial charge in [-0.05, 0) is 29.7 Å². The summed E-state index contributed by atoms with van der Waals surface area (Å²) in [5.41, 5.74) is 0.865. The molecule has 3 rings (SSSR count). The maximum atomic E-state index is 11.8. The average molecular weight is 300 g/mol. The van der Waals surface area contributed by atoms with E-state index in [-0.39, 0.29) is 12.5 Å². The van der Waals surface area contributed by atoms with Crippen molar-refractivity contribution >= 4 is 27.3 Å². The van der Waals surface area contributed by atoms with Gasteiger partial charge >= 0.3 is 0 Å². The number of hydrogen-bond acceptors (Lipinski definition) is 3. The normalized spacial score (nSPS) is 12.4. The van der Waals surface area contributed by atoms with Gasteiger partial charge in [0, 0.05) is 28.0 Å². The average Bonchev–Trinajstić information content (AvgIpc) is 3.13. The lowest BCUT2D eigenvalue weighted by molar-refractivity contribution is -0.120. The van der Waals surface area contributed by atoms with Gasteiger partial charge in [-0.2, -0.15) is 0 Å². The van der Waals surface area contributed by atoms with Crippen molar-refractivity contribution < 1.29 is 9.90 Å². The third-order valence-electron chi connectivity index (χ3n) is 3.28. The summed E-state index contributed by atoms with van der Waals surface area (Å²) in [7, 11) is 0. The fourth-order valence-corrected chi connectivity index (χ4v) is 3.24. The van der Waals surface area contributed by atoms with Gasteiger partial charge in [-0.1, -0.05) is 18.2 Å². The second-order valence-electron chi connectivity index (χ2n) is 4.88. The van der Waals surface area contributed by atoms with Crippen molar-refractivity contribution in [2.24, 2.45) is 0 Å². The third-order valence-corrected chi connectivity index (χ3v) is 4.50. The molecule has 0 aliphatic heterocycles. The van der Waals surface area contributed by atoms with Crippen molar-refractivity contribution in [2.45, 2.75) is 12.5 Å². The lowest BCUT2D eigenvalue weighted by atomic mass is 10.2. The zero-order chi connectivity index (χ0) is 14.7. The molecular formula is C16H16N2O2S. The number of amides is 1. The molecule has 0 radical (unpaired) electrons. The fraction of sp³-hybridized carbons (Fsp3) is 0.188. The van der Waals surface area contributed by atoms with Gasteiger partial charge in [0.25, 0.3) is 0 Å². The molecule has 4 nitrogen and oxygen atoms in total. The van der Waals surface area contributed by atoms with Gasteiger partial charge in [-0.15, -0.1) is 11.3 Å². The predicted octanol–water partition coefficient (Wildman–Crippen LogP) is 2.62. The fourth-order valence-electron chi connectivity index (χ4n) is 2.19. The summed E-state index contributed by atoms with van der Waals surface area (Å²) in [6.45, 7) is 0.229. The Balaban J connectivity index is 1.58. The minimum absolute atomic E-state index is 0.0994. The highest BCUT2D eigenvalue weighted by Gasteiger charge is 2.13. The van der Waals surface area contributed by atoms with E-state index in [1.165, 1.54) is 0 Å². The predicted molar refractivity (Wildman–Crippen MR) is 84.3 cm³/mol. The molecule has 5 heteroatoms. The maximum Gasteiger partial charge on any atom is 0.226 e. The molecule has 0 aliphatic rings. The lowest BCUT2D eigenvalue weighted by Crippen LogP contribution is -2.29. The molecule has 0 aliphatic carbocycles. The molecule has 2 heterocycles. The topological polar surface area (TPSA) is 65.1 Å². The van der Waals surface area contributed by atoms with Gasteiger partial charge in [0.2, 0.25) is 5.91 Å². The van der Waals surface area contributed by atoms with Crippen LogP contribution in [0.5, 0.6) is 0 Å². The zero-order valence-electron chi connectivity index (χ0n) is 11.4. The van der Waals surface area contributed by atoms with E-state index in [1.807, 2.05) is 42.5 Å². The Morgan fingerprint density at radius 1 is 1.29 bits per heavy atom. The molecule has 0 saturated heterocycles. The van der Waals surface area contributed by atoms with Gasteiger partial charge in [0.15, 0.2) is 0 Å². The Bertz CT molecular complexity index is 701. The molecule has 108 valence electrons. The van der Waals surface area contributed by atoms with Crippen LogP contribution >= 0.6 is 11.3 Å². The van der Waals surface area contributed by atoms with Gasteiger partial charge in [-0.25, -0.2) is 0 Å². The number of hydrogen-bond donors (Lipinski definition) is 3. The number of carbonyl (C=O) groups excluding carboxylic acids is 1. The van der Waals surface area contributed by atoms with E-state index in [1.54, 1.807) is 17.5 Å². The zero-order valence-corrected chi connectivity index (χ0v) is 12.2. The number of H-pyrrole nitrogens is 1. The Morgan fingerprint density at radius 3 is 2.90 bits per heavy atom. The first-order valence-corrected chi connectivity index (χ1v) is 7.59. The number of benzene rings is 1. The van der Waals surface area contributed by atoms with E-state index >= 15 is 0 Å². The van der Waals surface area contributed by atoms with Crippen LogP contribution in [0.1, 0.15) is 16.7 Å². The quantitative estimate of drug-likeness (QED) is 0.678. The maximum absolute atomic E-state index is 11.8. The van der Waals surface area contributed by atoms with Crippen LogP contribution in [-0.2, 0) is 11.2 Å². The van der Waals surface area contributed by atoms with Crippen LogP contribution in [0.25, 0.3) is 10.1 Å². The minimum Gasteiger partial charge on any atom is -0.386 e. The number of aliphatic hydroxyl groups excluding tert-OH is 1. The number of aliphatic hydroxyl groups is 1. The van der Waals surface area contributed by atoms with Crippen molar-refractivity contribution in [2.75, 3.05) is 6.54 Å². The molecule has 1 atom stereocenters. The van der Waals surface area contributed by atoms with Crippen LogP contribution in [-0.4, -0.2) is 22.5 Å². The molecule has 3 N–H and O–H groups in total. The molecule has 3 aromatic rings. The minimum atomic E-state index is -0.671. The third kappa shape index (κ3) is 3.32. The Morgan fingerprint density at radius 2 is 2.14 bits per heavy atom. The number of fused-ring (bicyclic) bond motifs is 1. The first-order valence-electron chi connectivity index (χ1n) is 6.78. The lowest BCUT2D eigenvalue weighted by Gasteiger charge is -2.09. The first kappa shape index (κ1) is 13.9. The Labute approximate surface area is 126 Å². The number of nitrogens with one attached hydrogen (secondary N) is 2. The van der Waals surface area contributed by atoms with Gasteiger partial charge < -0.3 is 15.4 Å². The summed E-state index contributed by atoms with van der Waals surface area (Å²) in [5.74, 6) is -0.0994. The van der Waals surface area contributed by atoms with Crippen LogP contribution in [0.3, 0.4) is 0 Å². The first-order chi connectivity index (χ1) is 10.2. The van der Waals surface area contributed by atoms with Gasteiger partial charge in [0.1, 0.15) is 6.10 Å². The highest BCUT2D eigenvalue weighted by Crippen LogP contribution is 2.29. The van der Waals surface area contributed by atoms with Crippen molar-refractivity contribution in [3.8, 4) is 0 Å². The van der Waals surface area contributed by atoms with Crippen LogP contribution < -0.4 is 5.32 Å². The van der Waals surface area contributed by atoms with E-state index in [0.29, 0.717) is 6.42 Å². The molecule has 21 heavy (non-hydrogen) atoms. The number of carbonyl (C=O) groups is 1. The number of aromatic nitrogens is 1.